The highest BCUT2D eigenvalue weighted by atomic mass is 32.2. The zero-order chi connectivity index (χ0) is 19.2. The fourth-order valence-corrected chi connectivity index (χ4v) is 3.49. The summed E-state index contributed by atoms with van der Waals surface area (Å²) in [6, 6.07) is 11.7. The Morgan fingerprint density at radius 1 is 1.11 bits per heavy atom. The molecule has 0 atom stereocenters. The maximum atomic E-state index is 12.3. The molecule has 1 heterocycles. The Hall–Kier alpha value is -2.80. The molecule has 0 bridgehead atoms. The zero-order valence-corrected chi connectivity index (χ0v) is 15.6. The lowest BCUT2D eigenvalue weighted by Crippen LogP contribution is -2.15. The highest BCUT2D eigenvalue weighted by molar-refractivity contribution is 7.99. The van der Waals surface area contributed by atoms with Gasteiger partial charge in [-0.25, -0.2) is 4.79 Å². The molecule has 1 aliphatic heterocycles. The number of rotatable bonds is 6. The number of hydrogen-bond acceptors (Lipinski definition) is 6. The van der Waals surface area contributed by atoms with Crippen LogP contribution in [0.3, 0.4) is 0 Å². The lowest BCUT2D eigenvalue weighted by atomic mass is 10.1. The van der Waals surface area contributed by atoms with Gasteiger partial charge in [-0.15, -0.1) is 11.8 Å². The molecular weight excluding hydrogens is 366 g/mol. The number of esters is 1. The van der Waals surface area contributed by atoms with Crippen LogP contribution in [0, 0.1) is 0 Å². The summed E-state index contributed by atoms with van der Waals surface area (Å²) >= 11 is 1.55. The summed E-state index contributed by atoms with van der Waals surface area (Å²) in [6.07, 6.45) is 0.426. The van der Waals surface area contributed by atoms with Crippen LogP contribution in [0.25, 0.3) is 0 Å². The molecule has 140 valence electrons. The molecule has 0 saturated heterocycles. The summed E-state index contributed by atoms with van der Waals surface area (Å²) in [7, 11) is 0. The van der Waals surface area contributed by atoms with E-state index in [1.807, 2.05) is 6.92 Å². The number of thioether (sulfide) groups is 1. The van der Waals surface area contributed by atoms with E-state index in [1.54, 1.807) is 54.2 Å². The van der Waals surface area contributed by atoms with E-state index in [0.717, 1.165) is 4.90 Å². The van der Waals surface area contributed by atoms with Crippen molar-refractivity contribution < 1.29 is 23.9 Å². The average molecular weight is 385 g/mol. The van der Waals surface area contributed by atoms with Gasteiger partial charge in [0.15, 0.2) is 12.4 Å². The molecular formula is C20H19NO5S. The molecule has 0 unspecified atom stereocenters. The van der Waals surface area contributed by atoms with Gasteiger partial charge >= 0.3 is 5.97 Å². The van der Waals surface area contributed by atoms with Crippen LogP contribution in [0.1, 0.15) is 34.1 Å². The Labute approximate surface area is 161 Å². The lowest BCUT2D eigenvalue weighted by Gasteiger charge is -2.09. The second-order valence-electron chi connectivity index (χ2n) is 5.81. The van der Waals surface area contributed by atoms with Crippen LogP contribution < -0.4 is 10.1 Å². The van der Waals surface area contributed by atoms with E-state index in [2.05, 4.69) is 5.32 Å². The predicted octanol–water partition coefficient (Wildman–Crippen LogP) is 3.56. The van der Waals surface area contributed by atoms with Gasteiger partial charge in [0.1, 0.15) is 5.75 Å². The lowest BCUT2D eigenvalue weighted by molar-refractivity contribution is -0.115. The molecule has 1 aliphatic rings. The number of benzene rings is 2. The molecule has 0 fully saturated rings. The topological polar surface area (TPSA) is 81.7 Å². The maximum Gasteiger partial charge on any atom is 0.338 e. The molecule has 0 saturated carbocycles. The normalized spacial score (nSPS) is 13.1. The summed E-state index contributed by atoms with van der Waals surface area (Å²) in [4.78, 5) is 37.0. The number of fused-ring (bicyclic) bond motifs is 1. The molecule has 1 amide bonds. The minimum atomic E-state index is -0.611. The van der Waals surface area contributed by atoms with Crippen molar-refractivity contribution in [3.05, 3.63) is 53.6 Å². The molecule has 2 aromatic rings. The molecule has 0 aromatic heterocycles. The van der Waals surface area contributed by atoms with Crippen LogP contribution in [-0.4, -0.2) is 36.6 Å². The third-order valence-electron chi connectivity index (χ3n) is 3.90. The fourth-order valence-electron chi connectivity index (χ4n) is 2.55. The van der Waals surface area contributed by atoms with Crippen molar-refractivity contribution in [3.8, 4) is 5.75 Å². The minimum Gasteiger partial charge on any atom is -0.494 e. The van der Waals surface area contributed by atoms with Crippen molar-refractivity contribution in [2.24, 2.45) is 0 Å². The van der Waals surface area contributed by atoms with E-state index >= 15 is 0 Å². The molecule has 27 heavy (non-hydrogen) atoms. The monoisotopic (exact) mass is 385 g/mol. The number of nitrogens with one attached hydrogen (secondary N) is 1. The van der Waals surface area contributed by atoms with Crippen molar-refractivity contribution in [1.82, 2.24) is 0 Å². The Kier molecular flexibility index (Phi) is 6.13. The van der Waals surface area contributed by atoms with Crippen LogP contribution in [0.5, 0.6) is 5.75 Å². The standard InChI is InChI=1S/C20H19NO5S/c1-2-25-15-6-3-13(4-7-15)17(22)12-26-20(24)14-5-8-18-16(11-14)21-19(23)9-10-27-18/h3-8,11H,2,9-10,12H2,1H3,(H,21,23). The first-order chi connectivity index (χ1) is 13.1. The van der Waals surface area contributed by atoms with Crippen molar-refractivity contribution in [3.63, 3.8) is 0 Å². The molecule has 7 heteroatoms. The van der Waals surface area contributed by atoms with Crippen LogP contribution in [0.2, 0.25) is 0 Å². The first-order valence-electron chi connectivity index (χ1n) is 8.56. The third-order valence-corrected chi connectivity index (χ3v) is 4.97. The van der Waals surface area contributed by atoms with E-state index in [0.29, 0.717) is 35.8 Å². The molecule has 3 rings (SSSR count). The predicted molar refractivity (Wildman–Crippen MR) is 103 cm³/mol. The highest BCUT2D eigenvalue weighted by Crippen LogP contribution is 2.31. The minimum absolute atomic E-state index is 0.0857. The summed E-state index contributed by atoms with van der Waals surface area (Å²) in [5, 5.41) is 2.78. The number of carbonyl (C=O) groups is 3. The third kappa shape index (κ3) is 4.89. The largest absolute Gasteiger partial charge is 0.494 e. The van der Waals surface area contributed by atoms with E-state index in [1.165, 1.54) is 0 Å². The van der Waals surface area contributed by atoms with Crippen LogP contribution in [-0.2, 0) is 9.53 Å². The quantitative estimate of drug-likeness (QED) is 0.605. The van der Waals surface area contributed by atoms with Crippen molar-refractivity contribution in [1.29, 1.82) is 0 Å². The van der Waals surface area contributed by atoms with Gasteiger partial charge in [-0.3, -0.25) is 9.59 Å². The van der Waals surface area contributed by atoms with E-state index in [9.17, 15) is 14.4 Å². The van der Waals surface area contributed by atoms with Gasteiger partial charge in [0, 0.05) is 22.6 Å². The van der Waals surface area contributed by atoms with Gasteiger partial charge in [-0.1, -0.05) is 0 Å². The molecule has 0 spiro atoms. The van der Waals surface area contributed by atoms with Crippen molar-refractivity contribution >= 4 is 35.1 Å². The number of anilines is 1. The Bertz CT molecular complexity index is 863. The van der Waals surface area contributed by atoms with Gasteiger partial charge in [-0.2, -0.15) is 0 Å². The first-order valence-corrected chi connectivity index (χ1v) is 9.55. The van der Waals surface area contributed by atoms with E-state index in [4.69, 9.17) is 9.47 Å². The second kappa shape index (κ2) is 8.73. The van der Waals surface area contributed by atoms with E-state index < -0.39 is 5.97 Å². The Morgan fingerprint density at radius 3 is 2.59 bits per heavy atom. The Morgan fingerprint density at radius 2 is 1.85 bits per heavy atom. The first kappa shape index (κ1) is 19.0. The number of hydrogen-bond donors (Lipinski definition) is 1. The van der Waals surface area contributed by atoms with Gasteiger partial charge in [0.25, 0.3) is 0 Å². The Balaban J connectivity index is 1.62. The molecule has 1 N–H and O–H groups in total. The molecule has 2 aromatic carbocycles. The van der Waals surface area contributed by atoms with Crippen molar-refractivity contribution in [2.75, 3.05) is 24.3 Å². The number of amides is 1. The van der Waals surface area contributed by atoms with Gasteiger partial charge in [-0.05, 0) is 49.4 Å². The molecule has 0 radical (unpaired) electrons. The smallest absolute Gasteiger partial charge is 0.338 e. The van der Waals surface area contributed by atoms with E-state index in [-0.39, 0.29) is 23.9 Å². The summed E-state index contributed by atoms with van der Waals surface area (Å²) in [6.45, 7) is 2.07. The second-order valence-corrected chi connectivity index (χ2v) is 6.95. The average Bonchev–Trinajstić information content (AvgIpc) is 2.86. The summed E-state index contributed by atoms with van der Waals surface area (Å²) in [5.41, 5.74) is 1.32. The number of ketones is 1. The maximum absolute atomic E-state index is 12.3. The zero-order valence-electron chi connectivity index (χ0n) is 14.8. The highest BCUT2D eigenvalue weighted by Gasteiger charge is 2.17. The summed E-state index contributed by atoms with van der Waals surface area (Å²) < 4.78 is 10.5. The van der Waals surface area contributed by atoms with Gasteiger partial charge in [0.05, 0.1) is 17.9 Å². The van der Waals surface area contributed by atoms with Crippen molar-refractivity contribution in [2.45, 2.75) is 18.2 Å². The van der Waals surface area contributed by atoms with Gasteiger partial charge in [0.2, 0.25) is 5.91 Å². The number of carbonyl (C=O) groups excluding carboxylic acids is 3. The van der Waals surface area contributed by atoms with Crippen LogP contribution >= 0.6 is 11.8 Å². The SMILES string of the molecule is CCOc1ccc(C(=O)COC(=O)c2ccc3c(c2)NC(=O)CCS3)cc1. The number of Topliss-reactive ketones (excluding diaryl/α,β-unsaturated/α-hetero) is 1. The van der Waals surface area contributed by atoms with Gasteiger partial charge < -0.3 is 14.8 Å². The van der Waals surface area contributed by atoms with Crippen LogP contribution in [0.4, 0.5) is 5.69 Å². The number of ether oxygens (including phenoxy) is 2. The summed E-state index contributed by atoms with van der Waals surface area (Å²) in [5.74, 6) is 0.373. The van der Waals surface area contributed by atoms with Crippen LogP contribution in [0.15, 0.2) is 47.4 Å². The fraction of sp³-hybridized carbons (Fsp3) is 0.250. The molecule has 0 aliphatic carbocycles. The molecule has 6 nitrogen and oxygen atoms in total.